The van der Waals surface area contributed by atoms with Crippen LogP contribution in [0.5, 0.6) is 0 Å². The van der Waals surface area contributed by atoms with Gasteiger partial charge in [0.25, 0.3) is 0 Å². The maximum atomic E-state index is 11.9. The van der Waals surface area contributed by atoms with Gasteiger partial charge in [-0.25, -0.2) is 4.98 Å². The second kappa shape index (κ2) is 7.42. The number of aliphatic carboxylic acids is 1. The van der Waals surface area contributed by atoms with Gasteiger partial charge in [0.1, 0.15) is 0 Å². The summed E-state index contributed by atoms with van der Waals surface area (Å²) in [5.74, 6) is -0.520. The van der Waals surface area contributed by atoms with Crippen LogP contribution in [-0.4, -0.2) is 46.2 Å². The van der Waals surface area contributed by atoms with Crippen molar-refractivity contribution in [2.24, 2.45) is 0 Å². The topological polar surface area (TPSA) is 70.5 Å². The Morgan fingerprint density at radius 3 is 2.86 bits per heavy atom. The minimum absolute atomic E-state index is 0.00959. The summed E-state index contributed by atoms with van der Waals surface area (Å²) >= 11 is 3.00. The molecule has 0 spiro atoms. The molecule has 5 nitrogen and oxygen atoms in total. The second-order valence-corrected chi connectivity index (χ2v) is 6.80. The minimum Gasteiger partial charge on any atom is -0.481 e. The van der Waals surface area contributed by atoms with Crippen LogP contribution in [0.25, 0.3) is 10.2 Å². The van der Waals surface area contributed by atoms with Crippen molar-refractivity contribution >= 4 is 45.2 Å². The molecule has 112 valence electrons. The van der Waals surface area contributed by atoms with E-state index in [1.165, 1.54) is 11.8 Å². The Kier molecular flexibility index (Phi) is 5.58. The fourth-order valence-corrected chi connectivity index (χ4v) is 3.75. The Hall–Kier alpha value is -1.60. The fraction of sp³-hybridized carbons (Fsp3) is 0.357. The van der Waals surface area contributed by atoms with Crippen molar-refractivity contribution in [3.05, 3.63) is 24.3 Å². The SMILES string of the molecule is CN(CCCC(=O)O)C(=O)CSc1nc2ccccc2s1. The largest absolute Gasteiger partial charge is 0.481 e. The Balaban J connectivity index is 1.81. The molecule has 1 aromatic carbocycles. The highest BCUT2D eigenvalue weighted by molar-refractivity contribution is 8.01. The van der Waals surface area contributed by atoms with Gasteiger partial charge in [-0.15, -0.1) is 11.3 Å². The zero-order valence-electron chi connectivity index (χ0n) is 11.6. The van der Waals surface area contributed by atoms with Crippen LogP contribution in [0.2, 0.25) is 0 Å². The van der Waals surface area contributed by atoms with Crippen molar-refractivity contribution in [2.75, 3.05) is 19.3 Å². The summed E-state index contributed by atoms with van der Waals surface area (Å²) in [5.41, 5.74) is 0.951. The quantitative estimate of drug-likeness (QED) is 0.793. The Labute approximate surface area is 131 Å². The third-order valence-corrected chi connectivity index (χ3v) is 5.07. The minimum atomic E-state index is -0.834. The number of carbonyl (C=O) groups is 2. The van der Waals surface area contributed by atoms with Crippen molar-refractivity contribution in [2.45, 2.75) is 17.2 Å². The highest BCUT2D eigenvalue weighted by atomic mass is 32.2. The summed E-state index contributed by atoms with van der Waals surface area (Å²) in [6.45, 7) is 0.464. The normalized spacial score (nSPS) is 10.7. The average molecular weight is 324 g/mol. The van der Waals surface area contributed by atoms with Gasteiger partial charge < -0.3 is 10.0 Å². The molecule has 1 N–H and O–H groups in total. The highest BCUT2D eigenvalue weighted by Crippen LogP contribution is 2.29. The number of nitrogens with zero attached hydrogens (tertiary/aromatic N) is 2. The zero-order chi connectivity index (χ0) is 15.2. The van der Waals surface area contributed by atoms with Crippen LogP contribution in [0.1, 0.15) is 12.8 Å². The number of carboxylic acids is 1. The highest BCUT2D eigenvalue weighted by Gasteiger charge is 2.11. The molecule has 0 unspecified atom stereocenters. The molecule has 1 aromatic heterocycles. The van der Waals surface area contributed by atoms with E-state index in [0.29, 0.717) is 18.7 Å². The molecule has 0 saturated heterocycles. The Morgan fingerprint density at radius 2 is 2.14 bits per heavy atom. The van der Waals surface area contributed by atoms with Crippen LogP contribution in [0.15, 0.2) is 28.6 Å². The lowest BCUT2D eigenvalue weighted by molar-refractivity contribution is -0.137. The van der Waals surface area contributed by atoms with Crippen LogP contribution in [-0.2, 0) is 9.59 Å². The molecule has 1 amide bonds. The van der Waals surface area contributed by atoms with Crippen LogP contribution in [0.3, 0.4) is 0 Å². The van der Waals surface area contributed by atoms with Crippen molar-refractivity contribution in [3.63, 3.8) is 0 Å². The summed E-state index contributed by atoms with van der Waals surface area (Å²) in [7, 11) is 1.70. The number of thioether (sulfide) groups is 1. The Morgan fingerprint density at radius 1 is 1.38 bits per heavy atom. The molecule has 2 rings (SSSR count). The van der Waals surface area contributed by atoms with Crippen LogP contribution in [0, 0.1) is 0 Å². The number of benzene rings is 1. The van der Waals surface area contributed by atoms with Crippen LogP contribution >= 0.6 is 23.1 Å². The lowest BCUT2D eigenvalue weighted by atomic mass is 10.3. The number of hydrogen-bond acceptors (Lipinski definition) is 5. The van der Waals surface area contributed by atoms with E-state index in [2.05, 4.69) is 4.98 Å². The third-order valence-electron chi connectivity index (χ3n) is 2.90. The van der Waals surface area contributed by atoms with Gasteiger partial charge in [-0.2, -0.15) is 0 Å². The van der Waals surface area contributed by atoms with Crippen LogP contribution < -0.4 is 0 Å². The first-order chi connectivity index (χ1) is 10.1. The maximum Gasteiger partial charge on any atom is 0.303 e. The number of aromatic nitrogens is 1. The molecule has 0 bridgehead atoms. The lowest BCUT2D eigenvalue weighted by Gasteiger charge is -2.15. The smallest absolute Gasteiger partial charge is 0.303 e. The standard InChI is InChI=1S/C14H16N2O3S2/c1-16(8-4-7-13(18)19)12(17)9-20-14-15-10-5-2-3-6-11(10)21-14/h2-3,5-6H,4,7-9H2,1H3,(H,18,19). The number of fused-ring (bicyclic) bond motifs is 1. The lowest BCUT2D eigenvalue weighted by Crippen LogP contribution is -2.29. The van der Waals surface area contributed by atoms with E-state index in [1.807, 2.05) is 24.3 Å². The second-order valence-electron chi connectivity index (χ2n) is 4.55. The number of thiazole rings is 1. The van der Waals surface area contributed by atoms with E-state index in [1.54, 1.807) is 23.3 Å². The van der Waals surface area contributed by atoms with E-state index in [9.17, 15) is 9.59 Å². The summed E-state index contributed by atoms with van der Waals surface area (Å²) < 4.78 is 1.99. The van der Waals surface area contributed by atoms with Gasteiger partial charge in [-0.05, 0) is 18.6 Å². The van der Waals surface area contributed by atoms with Gasteiger partial charge in [0, 0.05) is 20.0 Å². The molecule has 0 atom stereocenters. The third kappa shape index (κ3) is 4.71. The summed E-state index contributed by atoms with van der Waals surface area (Å²) in [6.07, 6.45) is 0.562. The van der Waals surface area contributed by atoms with Gasteiger partial charge in [-0.1, -0.05) is 23.9 Å². The monoisotopic (exact) mass is 324 g/mol. The van der Waals surface area contributed by atoms with Crippen molar-refractivity contribution in [3.8, 4) is 0 Å². The first-order valence-electron chi connectivity index (χ1n) is 6.50. The van der Waals surface area contributed by atoms with Crippen molar-refractivity contribution < 1.29 is 14.7 Å². The van der Waals surface area contributed by atoms with Gasteiger partial charge in [0.2, 0.25) is 5.91 Å². The van der Waals surface area contributed by atoms with E-state index in [-0.39, 0.29) is 12.3 Å². The van der Waals surface area contributed by atoms with Crippen LogP contribution in [0.4, 0.5) is 0 Å². The van der Waals surface area contributed by atoms with Crippen molar-refractivity contribution in [1.82, 2.24) is 9.88 Å². The maximum absolute atomic E-state index is 11.9. The fourth-order valence-electron chi connectivity index (χ4n) is 1.74. The number of carboxylic acid groups (broad SMARTS) is 1. The molecule has 0 saturated carbocycles. The summed E-state index contributed by atoms with van der Waals surface area (Å²) in [4.78, 5) is 28.4. The van der Waals surface area contributed by atoms with E-state index in [4.69, 9.17) is 5.11 Å². The number of carbonyl (C=O) groups excluding carboxylic acids is 1. The molecule has 0 fully saturated rings. The first-order valence-corrected chi connectivity index (χ1v) is 8.30. The molecular formula is C14H16N2O3S2. The van der Waals surface area contributed by atoms with E-state index >= 15 is 0 Å². The number of amides is 1. The summed E-state index contributed by atoms with van der Waals surface area (Å²) in [6, 6.07) is 7.88. The number of para-hydroxylation sites is 1. The molecule has 2 aromatic rings. The predicted octanol–water partition coefficient (Wildman–Crippen LogP) is 2.71. The molecular weight excluding hydrogens is 308 g/mol. The molecule has 0 aliphatic heterocycles. The zero-order valence-corrected chi connectivity index (χ0v) is 13.2. The predicted molar refractivity (Wildman–Crippen MR) is 84.9 cm³/mol. The molecule has 0 aliphatic rings. The Bertz CT molecular complexity index is 609. The molecule has 1 heterocycles. The first kappa shape index (κ1) is 15.8. The summed E-state index contributed by atoms with van der Waals surface area (Å²) in [5, 5.41) is 8.57. The van der Waals surface area contributed by atoms with Gasteiger partial charge >= 0.3 is 5.97 Å². The molecule has 0 aliphatic carbocycles. The van der Waals surface area contributed by atoms with Gasteiger partial charge in [0.15, 0.2) is 4.34 Å². The molecule has 7 heteroatoms. The molecule has 21 heavy (non-hydrogen) atoms. The number of hydrogen-bond donors (Lipinski definition) is 1. The van der Waals surface area contributed by atoms with E-state index in [0.717, 1.165) is 14.6 Å². The van der Waals surface area contributed by atoms with Gasteiger partial charge in [-0.3, -0.25) is 9.59 Å². The van der Waals surface area contributed by atoms with E-state index < -0.39 is 5.97 Å². The average Bonchev–Trinajstić information content (AvgIpc) is 2.87. The van der Waals surface area contributed by atoms with Gasteiger partial charge in [0.05, 0.1) is 16.0 Å². The van der Waals surface area contributed by atoms with Crippen molar-refractivity contribution in [1.29, 1.82) is 0 Å². The number of rotatable bonds is 7. The molecule has 0 radical (unpaired) electrons.